The Morgan fingerprint density at radius 3 is 2.81 bits per heavy atom. The van der Waals surface area contributed by atoms with Crippen LogP contribution >= 0.6 is 15.9 Å². The number of aromatic nitrogens is 1. The number of halogens is 1. The van der Waals surface area contributed by atoms with E-state index in [9.17, 15) is 9.90 Å². The van der Waals surface area contributed by atoms with E-state index >= 15 is 0 Å². The second kappa shape index (κ2) is 5.41. The number of aliphatic hydroxyl groups is 1. The van der Waals surface area contributed by atoms with Crippen LogP contribution in [0.2, 0.25) is 0 Å². The number of carbonyl (C=O) groups excluding carboxylic acids is 1. The first-order chi connectivity index (χ1) is 7.56. The summed E-state index contributed by atoms with van der Waals surface area (Å²) in [5, 5.41) is 10.3. The Hall–Kier alpha value is -0.940. The van der Waals surface area contributed by atoms with Crippen LogP contribution in [0.4, 0.5) is 0 Å². The molecule has 1 aromatic rings. The van der Waals surface area contributed by atoms with Gasteiger partial charge in [-0.1, -0.05) is 6.92 Å². The van der Waals surface area contributed by atoms with E-state index in [0.717, 1.165) is 0 Å². The molecule has 1 unspecified atom stereocenters. The molecule has 1 rings (SSSR count). The van der Waals surface area contributed by atoms with Gasteiger partial charge in [-0.05, 0) is 35.3 Å². The quantitative estimate of drug-likeness (QED) is 0.861. The molecule has 0 amide bonds. The highest BCUT2D eigenvalue weighted by Crippen LogP contribution is 2.31. The molecule has 1 N–H and O–H groups in total. The Morgan fingerprint density at radius 2 is 2.31 bits per heavy atom. The van der Waals surface area contributed by atoms with Crippen molar-refractivity contribution in [2.75, 3.05) is 6.61 Å². The van der Waals surface area contributed by atoms with Gasteiger partial charge in [0.25, 0.3) is 0 Å². The Bertz CT molecular complexity index is 383. The zero-order valence-corrected chi connectivity index (χ0v) is 10.8. The molecule has 5 heteroatoms. The second-order valence-corrected chi connectivity index (χ2v) is 4.14. The molecule has 0 radical (unpaired) electrons. The monoisotopic (exact) mass is 287 g/mol. The fourth-order valence-electron chi connectivity index (χ4n) is 1.41. The number of ether oxygens (including phenoxy) is 1. The summed E-state index contributed by atoms with van der Waals surface area (Å²) in [6.45, 7) is 3.67. The van der Waals surface area contributed by atoms with Gasteiger partial charge in [-0.3, -0.25) is 4.98 Å². The van der Waals surface area contributed by atoms with Crippen molar-refractivity contribution in [1.82, 2.24) is 4.98 Å². The highest BCUT2D eigenvalue weighted by atomic mass is 79.9. The van der Waals surface area contributed by atoms with E-state index < -0.39 is 11.6 Å². The number of hydrogen-bond acceptors (Lipinski definition) is 4. The van der Waals surface area contributed by atoms with E-state index in [0.29, 0.717) is 10.0 Å². The molecule has 0 aromatic carbocycles. The van der Waals surface area contributed by atoms with Crippen molar-refractivity contribution in [3.05, 3.63) is 28.5 Å². The summed E-state index contributed by atoms with van der Waals surface area (Å²) in [6.07, 6.45) is 3.31. The van der Waals surface area contributed by atoms with E-state index in [1.807, 2.05) is 0 Å². The van der Waals surface area contributed by atoms with Crippen LogP contribution in [0.3, 0.4) is 0 Å². The Balaban J connectivity index is 3.14. The molecule has 0 saturated heterocycles. The number of carbonyl (C=O) groups is 1. The zero-order chi connectivity index (χ0) is 12.2. The number of esters is 1. The minimum atomic E-state index is -1.61. The van der Waals surface area contributed by atoms with Crippen molar-refractivity contribution in [2.24, 2.45) is 0 Å². The highest BCUT2D eigenvalue weighted by Gasteiger charge is 2.39. The predicted molar refractivity (Wildman–Crippen MR) is 62.8 cm³/mol. The van der Waals surface area contributed by atoms with Crippen molar-refractivity contribution < 1.29 is 14.6 Å². The van der Waals surface area contributed by atoms with Gasteiger partial charge < -0.3 is 9.84 Å². The van der Waals surface area contributed by atoms with E-state index in [1.165, 1.54) is 12.4 Å². The number of hydrogen-bond donors (Lipinski definition) is 1. The largest absolute Gasteiger partial charge is 0.464 e. The molecule has 1 aromatic heterocycles. The van der Waals surface area contributed by atoms with Crippen molar-refractivity contribution in [1.29, 1.82) is 0 Å². The van der Waals surface area contributed by atoms with Crippen molar-refractivity contribution in [3.8, 4) is 0 Å². The standard InChI is InChI=1S/C11H14BrNO3/c1-3-11(15,10(14)16-4-2)8-5-6-13-7-9(8)12/h5-7,15H,3-4H2,1-2H3. The lowest BCUT2D eigenvalue weighted by Gasteiger charge is -2.25. The lowest BCUT2D eigenvalue weighted by Crippen LogP contribution is -2.37. The first-order valence-electron chi connectivity index (χ1n) is 5.05. The lowest BCUT2D eigenvalue weighted by molar-refractivity contribution is -0.166. The molecule has 88 valence electrons. The zero-order valence-electron chi connectivity index (χ0n) is 9.24. The summed E-state index contributed by atoms with van der Waals surface area (Å²) in [4.78, 5) is 15.6. The Morgan fingerprint density at radius 1 is 1.62 bits per heavy atom. The van der Waals surface area contributed by atoms with Gasteiger partial charge in [0, 0.05) is 22.4 Å². The summed E-state index contributed by atoms with van der Waals surface area (Å²) >= 11 is 3.26. The van der Waals surface area contributed by atoms with E-state index in [4.69, 9.17) is 4.74 Å². The summed E-state index contributed by atoms with van der Waals surface area (Å²) < 4.78 is 5.47. The molecule has 0 aliphatic carbocycles. The summed E-state index contributed by atoms with van der Waals surface area (Å²) in [7, 11) is 0. The summed E-state index contributed by atoms with van der Waals surface area (Å²) in [6, 6.07) is 1.60. The fourth-order valence-corrected chi connectivity index (χ4v) is 1.98. The van der Waals surface area contributed by atoms with Gasteiger partial charge in [0.2, 0.25) is 0 Å². The molecule has 0 aliphatic rings. The molecule has 1 heterocycles. The molecular formula is C11H14BrNO3. The molecular weight excluding hydrogens is 274 g/mol. The summed E-state index contributed by atoms with van der Waals surface area (Å²) in [5.74, 6) is -0.635. The van der Waals surface area contributed by atoms with Crippen molar-refractivity contribution in [3.63, 3.8) is 0 Å². The molecule has 0 spiro atoms. The maximum Gasteiger partial charge on any atom is 0.342 e. The van der Waals surface area contributed by atoms with Crippen LogP contribution in [-0.4, -0.2) is 22.7 Å². The summed E-state index contributed by atoms with van der Waals surface area (Å²) in [5.41, 5.74) is -1.14. The van der Waals surface area contributed by atoms with Crippen molar-refractivity contribution >= 4 is 21.9 Å². The van der Waals surface area contributed by atoms with Crippen LogP contribution < -0.4 is 0 Å². The average molecular weight is 288 g/mol. The van der Waals surface area contributed by atoms with Gasteiger partial charge in [0.15, 0.2) is 5.60 Å². The number of rotatable bonds is 4. The van der Waals surface area contributed by atoms with Crippen LogP contribution in [0.5, 0.6) is 0 Å². The minimum absolute atomic E-state index is 0.240. The highest BCUT2D eigenvalue weighted by molar-refractivity contribution is 9.10. The normalized spacial score (nSPS) is 14.2. The van der Waals surface area contributed by atoms with Crippen LogP contribution in [0.25, 0.3) is 0 Å². The predicted octanol–water partition coefficient (Wildman–Crippen LogP) is 2.00. The lowest BCUT2D eigenvalue weighted by atomic mass is 9.92. The molecule has 16 heavy (non-hydrogen) atoms. The van der Waals surface area contributed by atoms with Crippen LogP contribution in [0.1, 0.15) is 25.8 Å². The van der Waals surface area contributed by atoms with E-state index in [-0.39, 0.29) is 13.0 Å². The number of nitrogens with zero attached hydrogens (tertiary/aromatic N) is 1. The second-order valence-electron chi connectivity index (χ2n) is 3.29. The Kier molecular flexibility index (Phi) is 4.44. The van der Waals surface area contributed by atoms with Gasteiger partial charge in [0.1, 0.15) is 0 Å². The molecule has 0 aliphatic heterocycles. The third-order valence-corrected chi connectivity index (χ3v) is 2.97. The van der Waals surface area contributed by atoms with Crippen LogP contribution in [0.15, 0.2) is 22.9 Å². The maximum absolute atomic E-state index is 11.7. The fraction of sp³-hybridized carbons (Fsp3) is 0.455. The third kappa shape index (κ3) is 2.41. The van der Waals surface area contributed by atoms with Gasteiger partial charge in [-0.15, -0.1) is 0 Å². The molecule has 4 nitrogen and oxygen atoms in total. The Labute approximate surface area is 103 Å². The molecule has 1 atom stereocenters. The first-order valence-corrected chi connectivity index (χ1v) is 5.85. The topological polar surface area (TPSA) is 59.4 Å². The number of pyridine rings is 1. The van der Waals surface area contributed by atoms with E-state index in [2.05, 4.69) is 20.9 Å². The van der Waals surface area contributed by atoms with Gasteiger partial charge in [0.05, 0.1) is 6.61 Å². The van der Waals surface area contributed by atoms with E-state index in [1.54, 1.807) is 19.9 Å². The maximum atomic E-state index is 11.7. The van der Waals surface area contributed by atoms with Crippen LogP contribution in [-0.2, 0) is 15.1 Å². The van der Waals surface area contributed by atoms with Gasteiger partial charge in [-0.25, -0.2) is 4.79 Å². The van der Waals surface area contributed by atoms with Gasteiger partial charge >= 0.3 is 5.97 Å². The molecule has 0 saturated carbocycles. The van der Waals surface area contributed by atoms with Crippen molar-refractivity contribution in [2.45, 2.75) is 25.9 Å². The third-order valence-electron chi connectivity index (χ3n) is 2.34. The average Bonchev–Trinajstić information content (AvgIpc) is 2.29. The van der Waals surface area contributed by atoms with Gasteiger partial charge in [-0.2, -0.15) is 0 Å². The smallest absolute Gasteiger partial charge is 0.342 e. The molecule has 0 fully saturated rings. The molecule has 0 bridgehead atoms. The SMILES string of the molecule is CCOC(=O)C(O)(CC)c1ccncc1Br. The first kappa shape index (κ1) is 13.1. The van der Waals surface area contributed by atoms with Crippen LogP contribution in [0, 0.1) is 0 Å². The minimum Gasteiger partial charge on any atom is -0.464 e.